The van der Waals surface area contributed by atoms with Gasteiger partial charge in [0.05, 0.1) is 31.9 Å². The fraction of sp³-hybridized carbons (Fsp3) is 0.636. The second kappa shape index (κ2) is 9.32. The van der Waals surface area contributed by atoms with Crippen LogP contribution in [0.25, 0.3) is 10.9 Å². The summed E-state index contributed by atoms with van der Waals surface area (Å²) in [6.45, 7) is 10.3. The minimum atomic E-state index is 0.307. The van der Waals surface area contributed by atoms with Crippen molar-refractivity contribution in [3.63, 3.8) is 0 Å². The number of rotatable bonds is 4. The molecule has 0 atom stereocenters. The van der Waals surface area contributed by atoms with E-state index in [1.54, 1.807) is 0 Å². The predicted octanol–water partition coefficient (Wildman–Crippen LogP) is 2.42. The molecule has 0 unspecified atom stereocenters. The summed E-state index contributed by atoms with van der Waals surface area (Å²) < 4.78 is 11.0. The summed E-state index contributed by atoms with van der Waals surface area (Å²) >= 11 is 6.22. The van der Waals surface area contributed by atoms with Crippen molar-refractivity contribution >= 4 is 28.3 Å². The van der Waals surface area contributed by atoms with E-state index in [0.29, 0.717) is 11.3 Å². The largest absolute Gasteiger partial charge is 0.379 e. The Hall–Kier alpha value is -1.51. The van der Waals surface area contributed by atoms with Gasteiger partial charge in [-0.2, -0.15) is 4.98 Å². The SMILES string of the molecule is Clc1nc(N2CCOCC2)c2cc(CN3CCC(N4CCOCC4)CC3)ccc2n1. The molecule has 1 aromatic heterocycles. The van der Waals surface area contributed by atoms with Crippen LogP contribution in [0, 0.1) is 0 Å². The standard InChI is InChI=1S/C22H30ClN5O2/c23-22-24-20-2-1-17(15-19(20)21(25-22)28-9-13-30-14-10-28)16-26-5-3-18(4-6-26)27-7-11-29-12-8-27/h1-2,15,18H,3-14,16H2. The lowest BCUT2D eigenvalue weighted by Gasteiger charge is -2.40. The van der Waals surface area contributed by atoms with E-state index in [1.807, 2.05) is 0 Å². The highest BCUT2D eigenvalue weighted by atomic mass is 35.5. The van der Waals surface area contributed by atoms with Crippen LogP contribution in [0.5, 0.6) is 0 Å². The molecule has 3 aliphatic rings. The molecule has 0 amide bonds. The lowest BCUT2D eigenvalue weighted by molar-refractivity contribution is 0.000233. The van der Waals surface area contributed by atoms with Gasteiger partial charge in [0.1, 0.15) is 5.82 Å². The maximum absolute atomic E-state index is 6.22. The summed E-state index contributed by atoms with van der Waals surface area (Å²) in [5.74, 6) is 0.932. The molecule has 0 spiro atoms. The van der Waals surface area contributed by atoms with Crippen molar-refractivity contribution in [3.05, 3.63) is 29.0 Å². The van der Waals surface area contributed by atoms with Crippen LogP contribution in [0.2, 0.25) is 5.28 Å². The molecule has 0 saturated carbocycles. The molecular formula is C22H30ClN5O2. The Morgan fingerprint density at radius 3 is 2.33 bits per heavy atom. The van der Waals surface area contributed by atoms with Crippen molar-refractivity contribution in [2.75, 3.05) is 70.6 Å². The summed E-state index contributed by atoms with van der Waals surface area (Å²) in [7, 11) is 0. The number of likely N-dealkylation sites (tertiary alicyclic amines) is 1. The molecule has 3 aliphatic heterocycles. The van der Waals surface area contributed by atoms with E-state index in [9.17, 15) is 0 Å². The van der Waals surface area contributed by atoms with Gasteiger partial charge in [-0.1, -0.05) is 6.07 Å². The zero-order valence-corrected chi connectivity index (χ0v) is 18.2. The van der Waals surface area contributed by atoms with E-state index in [0.717, 1.165) is 89.0 Å². The van der Waals surface area contributed by atoms with Crippen LogP contribution in [-0.4, -0.2) is 91.5 Å². The number of hydrogen-bond donors (Lipinski definition) is 0. The molecule has 1 aromatic carbocycles. The fourth-order valence-corrected chi connectivity index (χ4v) is 5.06. The van der Waals surface area contributed by atoms with Crippen molar-refractivity contribution in [2.45, 2.75) is 25.4 Å². The van der Waals surface area contributed by atoms with Gasteiger partial charge in [-0.05, 0) is 55.2 Å². The second-order valence-electron chi connectivity index (χ2n) is 8.42. The average molecular weight is 432 g/mol. The summed E-state index contributed by atoms with van der Waals surface area (Å²) in [6.07, 6.45) is 2.48. The molecule has 2 aromatic rings. The highest BCUT2D eigenvalue weighted by molar-refractivity contribution is 6.28. The number of aromatic nitrogens is 2. The number of halogens is 1. The number of morpholine rings is 2. The van der Waals surface area contributed by atoms with Gasteiger partial charge < -0.3 is 14.4 Å². The van der Waals surface area contributed by atoms with Gasteiger partial charge in [0, 0.05) is 44.2 Å². The monoisotopic (exact) mass is 431 g/mol. The Kier molecular flexibility index (Phi) is 6.34. The van der Waals surface area contributed by atoms with Gasteiger partial charge in [-0.3, -0.25) is 9.80 Å². The van der Waals surface area contributed by atoms with Crippen molar-refractivity contribution in [2.24, 2.45) is 0 Å². The van der Waals surface area contributed by atoms with Crippen LogP contribution in [-0.2, 0) is 16.0 Å². The Labute approximate surface area is 182 Å². The average Bonchev–Trinajstić information content (AvgIpc) is 2.80. The normalized spacial score (nSPS) is 22.6. The van der Waals surface area contributed by atoms with Crippen LogP contribution in [0.15, 0.2) is 18.2 Å². The van der Waals surface area contributed by atoms with E-state index < -0.39 is 0 Å². The van der Waals surface area contributed by atoms with E-state index in [-0.39, 0.29) is 0 Å². The zero-order valence-electron chi connectivity index (χ0n) is 17.4. The number of ether oxygens (including phenoxy) is 2. The van der Waals surface area contributed by atoms with Crippen molar-refractivity contribution in [3.8, 4) is 0 Å². The Morgan fingerprint density at radius 1 is 0.900 bits per heavy atom. The minimum absolute atomic E-state index is 0.307. The van der Waals surface area contributed by atoms with E-state index in [4.69, 9.17) is 21.1 Å². The van der Waals surface area contributed by atoms with Crippen LogP contribution >= 0.6 is 11.6 Å². The predicted molar refractivity (Wildman–Crippen MR) is 118 cm³/mol. The maximum atomic E-state index is 6.22. The van der Waals surface area contributed by atoms with Gasteiger partial charge in [0.15, 0.2) is 0 Å². The van der Waals surface area contributed by atoms with Crippen LogP contribution in [0.1, 0.15) is 18.4 Å². The third kappa shape index (κ3) is 4.55. The first kappa shape index (κ1) is 20.4. The fourth-order valence-electron chi connectivity index (χ4n) is 4.89. The zero-order chi connectivity index (χ0) is 20.3. The van der Waals surface area contributed by atoms with Crippen molar-refractivity contribution < 1.29 is 9.47 Å². The highest BCUT2D eigenvalue weighted by Crippen LogP contribution is 2.28. The minimum Gasteiger partial charge on any atom is -0.379 e. The molecule has 3 saturated heterocycles. The van der Waals surface area contributed by atoms with E-state index in [1.165, 1.54) is 18.4 Å². The third-order valence-electron chi connectivity index (χ3n) is 6.55. The Morgan fingerprint density at radius 2 is 1.60 bits per heavy atom. The Bertz CT molecular complexity index is 862. The molecule has 3 fully saturated rings. The lowest BCUT2D eigenvalue weighted by atomic mass is 10.0. The number of fused-ring (bicyclic) bond motifs is 1. The maximum Gasteiger partial charge on any atom is 0.224 e. The van der Waals surface area contributed by atoms with Crippen LogP contribution in [0.3, 0.4) is 0 Å². The molecule has 0 radical (unpaired) electrons. The van der Waals surface area contributed by atoms with Gasteiger partial charge in [0.2, 0.25) is 5.28 Å². The topological polar surface area (TPSA) is 54.0 Å². The lowest BCUT2D eigenvalue weighted by Crippen LogP contribution is -2.48. The molecule has 0 N–H and O–H groups in total. The molecule has 8 heteroatoms. The number of hydrogen-bond acceptors (Lipinski definition) is 7. The van der Waals surface area contributed by atoms with Crippen molar-refractivity contribution in [1.29, 1.82) is 0 Å². The van der Waals surface area contributed by atoms with E-state index >= 15 is 0 Å². The molecular weight excluding hydrogens is 402 g/mol. The first-order valence-electron chi connectivity index (χ1n) is 11.1. The smallest absolute Gasteiger partial charge is 0.224 e. The van der Waals surface area contributed by atoms with Gasteiger partial charge in [-0.25, -0.2) is 4.98 Å². The third-order valence-corrected chi connectivity index (χ3v) is 6.72. The van der Waals surface area contributed by atoms with Gasteiger partial charge in [0.25, 0.3) is 0 Å². The number of nitrogens with zero attached hydrogens (tertiary/aromatic N) is 5. The number of anilines is 1. The summed E-state index contributed by atoms with van der Waals surface area (Å²) in [6, 6.07) is 7.24. The van der Waals surface area contributed by atoms with Crippen molar-refractivity contribution in [1.82, 2.24) is 19.8 Å². The molecule has 4 heterocycles. The summed E-state index contributed by atoms with van der Waals surface area (Å²) in [4.78, 5) is 16.5. The van der Waals surface area contributed by atoms with E-state index in [2.05, 4.69) is 42.9 Å². The first-order valence-corrected chi connectivity index (χ1v) is 11.5. The molecule has 5 rings (SSSR count). The summed E-state index contributed by atoms with van der Waals surface area (Å²) in [5.41, 5.74) is 2.22. The number of benzene rings is 1. The molecule has 7 nitrogen and oxygen atoms in total. The molecule has 162 valence electrons. The van der Waals surface area contributed by atoms with Crippen LogP contribution in [0.4, 0.5) is 5.82 Å². The second-order valence-corrected chi connectivity index (χ2v) is 8.76. The first-order chi connectivity index (χ1) is 14.8. The van der Waals surface area contributed by atoms with Crippen LogP contribution < -0.4 is 4.90 Å². The Balaban J connectivity index is 1.29. The molecule has 0 bridgehead atoms. The van der Waals surface area contributed by atoms with Gasteiger partial charge in [-0.15, -0.1) is 0 Å². The molecule has 0 aliphatic carbocycles. The number of piperidine rings is 1. The quantitative estimate of drug-likeness (QED) is 0.689. The highest BCUT2D eigenvalue weighted by Gasteiger charge is 2.26. The van der Waals surface area contributed by atoms with Gasteiger partial charge >= 0.3 is 0 Å². The summed E-state index contributed by atoms with van der Waals surface area (Å²) in [5, 5.41) is 1.39. The molecule has 30 heavy (non-hydrogen) atoms.